The van der Waals surface area contributed by atoms with Gasteiger partial charge in [-0.2, -0.15) is 0 Å². The van der Waals surface area contributed by atoms with E-state index in [2.05, 4.69) is 5.32 Å². The van der Waals surface area contributed by atoms with Crippen LogP contribution in [0.2, 0.25) is 0 Å². The minimum atomic E-state index is -0.883. The van der Waals surface area contributed by atoms with E-state index in [0.29, 0.717) is 19.5 Å². The Labute approximate surface area is 81.6 Å². The maximum atomic E-state index is 11.4. The lowest BCUT2D eigenvalue weighted by Crippen LogP contribution is -2.36. The molecule has 1 fully saturated rings. The molecule has 1 aliphatic carbocycles. The maximum Gasteiger partial charge on any atom is 0.229 e. The average Bonchev–Trinajstić information content (AvgIpc) is 2.48. The van der Waals surface area contributed by atoms with E-state index in [4.69, 9.17) is 28.9 Å². The quantitative estimate of drug-likeness (QED) is 0.673. The first-order chi connectivity index (χ1) is 5.44. The molecular weight excluding hydrogens is 199 g/mol. The molecule has 0 radical (unpaired) electrons. The second-order valence-electron chi connectivity index (χ2n) is 3.26. The van der Waals surface area contributed by atoms with E-state index in [1.165, 1.54) is 0 Å². The zero-order valence-corrected chi connectivity index (χ0v) is 8.37. The Kier molecular flexibility index (Phi) is 2.57. The van der Waals surface area contributed by atoms with Gasteiger partial charge in [0.05, 0.1) is 5.41 Å². The first-order valence-electron chi connectivity index (χ1n) is 3.80. The number of carbonyl (C=O) groups is 1. The van der Waals surface area contributed by atoms with Crippen LogP contribution in [0.15, 0.2) is 0 Å². The van der Waals surface area contributed by atoms with Crippen LogP contribution in [0.5, 0.6) is 0 Å². The summed E-state index contributed by atoms with van der Waals surface area (Å²) in [6, 6.07) is 0. The highest BCUT2D eigenvalue weighted by Gasteiger charge is 2.67. The average molecular weight is 211 g/mol. The number of amides is 1. The largest absolute Gasteiger partial charge is 0.354 e. The minimum Gasteiger partial charge on any atom is -0.354 e. The molecular formula is C7H12Cl2N2O. The lowest BCUT2D eigenvalue weighted by molar-refractivity contribution is -0.125. The van der Waals surface area contributed by atoms with E-state index in [1.54, 1.807) is 6.92 Å². The van der Waals surface area contributed by atoms with Crippen LogP contribution in [0.1, 0.15) is 13.3 Å². The van der Waals surface area contributed by atoms with E-state index in [1.807, 2.05) is 0 Å². The molecule has 0 heterocycles. The zero-order chi connectivity index (χ0) is 9.41. The molecule has 1 atom stereocenters. The number of hydrogen-bond donors (Lipinski definition) is 2. The standard InChI is InChI=1S/C7H12Cl2N2O/c1-6(4-7(6,8)9)5(12)11-3-2-10/h2-4,10H2,1H3,(H,11,12). The number of carbonyl (C=O) groups excluding carboxylic acids is 1. The van der Waals surface area contributed by atoms with E-state index in [9.17, 15) is 4.79 Å². The number of nitrogens with one attached hydrogen (secondary N) is 1. The fraction of sp³-hybridized carbons (Fsp3) is 0.857. The summed E-state index contributed by atoms with van der Waals surface area (Å²) in [6.07, 6.45) is 0.513. The third-order valence-corrected chi connectivity index (χ3v) is 3.29. The normalized spacial score (nSPS) is 31.3. The summed E-state index contributed by atoms with van der Waals surface area (Å²) in [7, 11) is 0. The van der Waals surface area contributed by atoms with Crippen LogP contribution in [-0.2, 0) is 4.79 Å². The second-order valence-corrected chi connectivity index (χ2v) is 4.74. The van der Waals surface area contributed by atoms with Gasteiger partial charge in [-0.05, 0) is 13.3 Å². The topological polar surface area (TPSA) is 55.1 Å². The first kappa shape index (κ1) is 10.1. The van der Waals surface area contributed by atoms with Crippen molar-refractivity contribution in [3.05, 3.63) is 0 Å². The van der Waals surface area contributed by atoms with Gasteiger partial charge in [-0.15, -0.1) is 23.2 Å². The molecule has 0 bridgehead atoms. The lowest BCUT2D eigenvalue weighted by atomic mass is 10.1. The van der Waals surface area contributed by atoms with E-state index < -0.39 is 9.75 Å². The Morgan fingerprint density at radius 2 is 2.17 bits per heavy atom. The van der Waals surface area contributed by atoms with Crippen LogP contribution < -0.4 is 11.1 Å². The van der Waals surface area contributed by atoms with Crippen molar-refractivity contribution in [3.63, 3.8) is 0 Å². The highest BCUT2D eigenvalue weighted by atomic mass is 35.5. The van der Waals surface area contributed by atoms with Crippen molar-refractivity contribution in [1.29, 1.82) is 0 Å². The molecule has 1 saturated carbocycles. The van der Waals surface area contributed by atoms with Crippen LogP contribution in [0.3, 0.4) is 0 Å². The summed E-state index contributed by atoms with van der Waals surface area (Å²) in [5, 5.41) is 2.66. The van der Waals surface area contributed by atoms with Gasteiger partial charge in [-0.1, -0.05) is 0 Å². The van der Waals surface area contributed by atoms with Gasteiger partial charge < -0.3 is 11.1 Å². The molecule has 1 amide bonds. The Morgan fingerprint density at radius 3 is 2.50 bits per heavy atom. The third-order valence-electron chi connectivity index (χ3n) is 2.19. The van der Waals surface area contributed by atoms with Crippen LogP contribution in [0, 0.1) is 5.41 Å². The summed E-state index contributed by atoms with van der Waals surface area (Å²) in [5.41, 5.74) is 4.61. The van der Waals surface area contributed by atoms with E-state index in [-0.39, 0.29) is 5.91 Å². The number of hydrogen-bond acceptors (Lipinski definition) is 2. The van der Waals surface area contributed by atoms with Crippen LogP contribution in [0.25, 0.3) is 0 Å². The number of rotatable bonds is 3. The van der Waals surface area contributed by atoms with Crippen LogP contribution in [0.4, 0.5) is 0 Å². The molecule has 1 aliphatic rings. The van der Waals surface area contributed by atoms with Crippen molar-refractivity contribution < 1.29 is 4.79 Å². The molecule has 3 N–H and O–H groups in total. The molecule has 12 heavy (non-hydrogen) atoms. The van der Waals surface area contributed by atoms with E-state index in [0.717, 1.165) is 0 Å². The molecule has 0 aromatic rings. The third kappa shape index (κ3) is 1.53. The van der Waals surface area contributed by atoms with Gasteiger partial charge in [0.2, 0.25) is 5.91 Å². The molecule has 0 aromatic carbocycles. The van der Waals surface area contributed by atoms with Crippen molar-refractivity contribution in [2.75, 3.05) is 13.1 Å². The molecule has 0 spiro atoms. The fourth-order valence-electron chi connectivity index (χ4n) is 1.03. The highest BCUT2D eigenvalue weighted by molar-refractivity contribution is 6.53. The summed E-state index contributed by atoms with van der Waals surface area (Å²) < 4.78 is -0.883. The number of nitrogens with two attached hydrogens (primary N) is 1. The van der Waals surface area contributed by atoms with Crippen LogP contribution in [-0.4, -0.2) is 23.3 Å². The Balaban J connectivity index is 2.45. The van der Waals surface area contributed by atoms with Crippen molar-refractivity contribution >= 4 is 29.1 Å². The minimum absolute atomic E-state index is 0.113. The Hall–Kier alpha value is 0.01000. The molecule has 0 aromatic heterocycles. The smallest absolute Gasteiger partial charge is 0.229 e. The number of halogens is 2. The van der Waals surface area contributed by atoms with Crippen molar-refractivity contribution in [3.8, 4) is 0 Å². The molecule has 1 unspecified atom stereocenters. The van der Waals surface area contributed by atoms with Gasteiger partial charge in [0.1, 0.15) is 4.33 Å². The summed E-state index contributed by atoms with van der Waals surface area (Å²) in [4.78, 5) is 11.4. The number of alkyl halides is 2. The van der Waals surface area contributed by atoms with Gasteiger partial charge in [0, 0.05) is 13.1 Å². The second kappa shape index (κ2) is 3.05. The molecule has 5 heteroatoms. The molecule has 0 aliphatic heterocycles. The van der Waals surface area contributed by atoms with Crippen molar-refractivity contribution in [2.24, 2.45) is 11.1 Å². The van der Waals surface area contributed by atoms with Gasteiger partial charge in [0.25, 0.3) is 0 Å². The zero-order valence-electron chi connectivity index (χ0n) is 6.86. The monoisotopic (exact) mass is 210 g/mol. The van der Waals surface area contributed by atoms with Gasteiger partial charge in [-0.3, -0.25) is 4.79 Å². The summed E-state index contributed by atoms with van der Waals surface area (Å²) in [5.74, 6) is -0.113. The predicted molar refractivity (Wildman–Crippen MR) is 49.2 cm³/mol. The fourth-order valence-corrected chi connectivity index (χ4v) is 1.73. The lowest BCUT2D eigenvalue weighted by Gasteiger charge is -2.11. The van der Waals surface area contributed by atoms with Crippen molar-refractivity contribution in [1.82, 2.24) is 5.32 Å². The van der Waals surface area contributed by atoms with E-state index >= 15 is 0 Å². The Bertz CT molecular complexity index is 208. The molecule has 70 valence electrons. The summed E-state index contributed by atoms with van der Waals surface area (Å²) >= 11 is 11.6. The molecule has 1 rings (SSSR count). The van der Waals surface area contributed by atoms with Gasteiger partial charge in [0.15, 0.2) is 0 Å². The van der Waals surface area contributed by atoms with Crippen LogP contribution >= 0.6 is 23.2 Å². The highest BCUT2D eigenvalue weighted by Crippen LogP contribution is 2.63. The summed E-state index contributed by atoms with van der Waals surface area (Å²) in [6.45, 7) is 2.65. The van der Waals surface area contributed by atoms with Crippen molar-refractivity contribution in [2.45, 2.75) is 17.7 Å². The molecule has 3 nitrogen and oxygen atoms in total. The van der Waals surface area contributed by atoms with Gasteiger partial charge in [-0.25, -0.2) is 0 Å². The Morgan fingerprint density at radius 1 is 1.67 bits per heavy atom. The maximum absolute atomic E-state index is 11.4. The first-order valence-corrected chi connectivity index (χ1v) is 4.56. The molecule has 0 saturated heterocycles. The predicted octanol–water partition coefficient (Wildman–Crippen LogP) is 0.645. The SMILES string of the molecule is CC1(C(=O)NCCN)CC1(Cl)Cl. The van der Waals surface area contributed by atoms with Gasteiger partial charge >= 0.3 is 0 Å².